The maximum atomic E-state index is 11.8. The fraction of sp³-hybridized carbons (Fsp3) is 0.273. The van der Waals surface area contributed by atoms with Crippen molar-refractivity contribution in [3.63, 3.8) is 0 Å². The highest BCUT2D eigenvalue weighted by Crippen LogP contribution is 2.20. The van der Waals surface area contributed by atoms with E-state index in [1.54, 1.807) is 11.4 Å². The van der Waals surface area contributed by atoms with Crippen molar-refractivity contribution in [1.29, 1.82) is 0 Å². The van der Waals surface area contributed by atoms with Gasteiger partial charge in [0.2, 0.25) is 0 Å². The van der Waals surface area contributed by atoms with E-state index in [4.69, 9.17) is 5.73 Å². The molecule has 0 spiro atoms. The lowest BCUT2D eigenvalue weighted by molar-refractivity contribution is 0.816. The van der Waals surface area contributed by atoms with Gasteiger partial charge < -0.3 is 10.7 Å². The average Bonchev–Trinajstić information content (AvgIpc) is 2.64. The van der Waals surface area contributed by atoms with Gasteiger partial charge in [-0.3, -0.25) is 4.79 Å². The van der Waals surface area contributed by atoms with E-state index in [9.17, 15) is 4.79 Å². The van der Waals surface area contributed by atoms with Crippen LogP contribution in [-0.4, -0.2) is 9.97 Å². The summed E-state index contributed by atoms with van der Waals surface area (Å²) in [6.45, 7) is 4.07. The molecule has 2 heterocycles. The van der Waals surface area contributed by atoms with Crippen molar-refractivity contribution in [2.24, 2.45) is 0 Å². The smallest absolute Gasteiger partial charge is 0.257 e. The molecule has 0 aliphatic heterocycles. The molecule has 2 aromatic heterocycles. The molecule has 16 heavy (non-hydrogen) atoms. The summed E-state index contributed by atoms with van der Waals surface area (Å²) in [5.74, 6) is 0.308. The molecule has 0 fully saturated rings. The second-order valence-corrected chi connectivity index (χ2v) is 4.77. The van der Waals surface area contributed by atoms with Crippen LogP contribution in [0.25, 0.3) is 11.3 Å². The highest BCUT2D eigenvalue weighted by molar-refractivity contribution is 7.13. The Labute approximate surface area is 97.2 Å². The Morgan fingerprint density at radius 3 is 2.69 bits per heavy atom. The molecule has 0 unspecified atom stereocenters. The van der Waals surface area contributed by atoms with Gasteiger partial charge in [-0.15, -0.1) is 11.3 Å². The number of hydrogen-bond donors (Lipinski definition) is 2. The normalized spacial score (nSPS) is 10.9. The summed E-state index contributed by atoms with van der Waals surface area (Å²) in [4.78, 5) is 18.8. The largest absolute Gasteiger partial charge is 0.375 e. The van der Waals surface area contributed by atoms with Crippen molar-refractivity contribution in [2.75, 3.05) is 5.73 Å². The molecule has 84 valence electrons. The van der Waals surface area contributed by atoms with Crippen LogP contribution in [0.2, 0.25) is 0 Å². The average molecular weight is 235 g/mol. The molecule has 0 aliphatic rings. The third-order valence-corrected chi connectivity index (χ3v) is 3.03. The Balaban J connectivity index is 2.48. The predicted molar refractivity (Wildman–Crippen MR) is 66.7 cm³/mol. The molecule has 0 aliphatic carbocycles. The van der Waals surface area contributed by atoms with Gasteiger partial charge in [-0.25, -0.2) is 4.98 Å². The summed E-state index contributed by atoms with van der Waals surface area (Å²) in [5.41, 5.74) is 7.56. The lowest BCUT2D eigenvalue weighted by atomic mass is 10.1. The zero-order chi connectivity index (χ0) is 11.7. The summed E-state index contributed by atoms with van der Waals surface area (Å²) in [5, 5.41) is 2.26. The first-order valence-corrected chi connectivity index (χ1v) is 5.90. The van der Waals surface area contributed by atoms with Gasteiger partial charge in [0.05, 0.1) is 11.3 Å². The second-order valence-electron chi connectivity index (χ2n) is 3.88. The van der Waals surface area contributed by atoms with Gasteiger partial charge in [0.25, 0.3) is 5.56 Å². The van der Waals surface area contributed by atoms with Crippen LogP contribution < -0.4 is 11.3 Å². The van der Waals surface area contributed by atoms with Crippen LogP contribution in [0.15, 0.2) is 22.3 Å². The second kappa shape index (κ2) is 4.09. The maximum absolute atomic E-state index is 11.8. The molecule has 0 saturated heterocycles. The van der Waals surface area contributed by atoms with Crippen LogP contribution >= 0.6 is 11.3 Å². The molecular weight excluding hydrogens is 222 g/mol. The van der Waals surface area contributed by atoms with Crippen LogP contribution in [-0.2, 0) is 0 Å². The Morgan fingerprint density at radius 1 is 1.44 bits per heavy atom. The number of H-pyrrole nitrogens is 1. The Morgan fingerprint density at radius 2 is 2.19 bits per heavy atom. The molecule has 5 heteroatoms. The molecule has 3 N–H and O–H groups in total. The number of nitrogens with one attached hydrogen (secondary N) is 1. The summed E-state index contributed by atoms with van der Waals surface area (Å²) in [6, 6.07) is 3.71. The van der Waals surface area contributed by atoms with E-state index in [1.165, 1.54) is 11.3 Å². The fourth-order valence-corrected chi connectivity index (χ4v) is 2.00. The van der Waals surface area contributed by atoms with Crippen molar-refractivity contribution >= 4 is 16.5 Å². The van der Waals surface area contributed by atoms with Crippen LogP contribution in [0, 0.1) is 0 Å². The van der Waals surface area contributed by atoms with Gasteiger partial charge in [0, 0.05) is 11.1 Å². The minimum absolute atomic E-state index is 0.114. The molecule has 4 nitrogen and oxygen atoms in total. The predicted octanol–water partition coefficient (Wildman–Crippen LogP) is 2.20. The number of pyridine rings is 1. The quantitative estimate of drug-likeness (QED) is 0.838. The monoisotopic (exact) mass is 235 g/mol. The maximum Gasteiger partial charge on any atom is 0.257 e. The molecule has 0 radical (unpaired) electrons. The van der Waals surface area contributed by atoms with Crippen molar-refractivity contribution < 1.29 is 0 Å². The standard InChI is InChI=1S/C11H13N3OS/c1-6(2)8-4-3-7(10(15)13-8)9-5-16-11(12)14-9/h3-6H,1-2H3,(H2,12,14)(H,13,15). The lowest BCUT2D eigenvalue weighted by Crippen LogP contribution is -2.12. The number of anilines is 1. The Kier molecular flexibility index (Phi) is 2.78. The van der Waals surface area contributed by atoms with Crippen molar-refractivity contribution in [3.8, 4) is 11.3 Å². The number of rotatable bonds is 2. The Hall–Kier alpha value is -1.62. The Bertz CT molecular complexity index is 556. The molecule has 0 amide bonds. The minimum Gasteiger partial charge on any atom is -0.375 e. The molecular formula is C11H13N3OS. The van der Waals surface area contributed by atoms with Crippen LogP contribution in [0.3, 0.4) is 0 Å². The summed E-state index contributed by atoms with van der Waals surface area (Å²) >= 11 is 1.33. The third-order valence-electron chi connectivity index (χ3n) is 2.35. The molecule has 0 aromatic carbocycles. The van der Waals surface area contributed by atoms with E-state index in [1.807, 2.05) is 19.9 Å². The van der Waals surface area contributed by atoms with E-state index in [0.717, 1.165) is 5.69 Å². The molecule has 2 aromatic rings. The van der Waals surface area contributed by atoms with Crippen molar-refractivity contribution in [1.82, 2.24) is 9.97 Å². The first-order valence-electron chi connectivity index (χ1n) is 5.02. The fourth-order valence-electron chi connectivity index (χ4n) is 1.44. The first-order chi connectivity index (χ1) is 7.58. The highest BCUT2D eigenvalue weighted by atomic mass is 32.1. The lowest BCUT2D eigenvalue weighted by Gasteiger charge is -2.05. The van der Waals surface area contributed by atoms with Gasteiger partial charge in [-0.05, 0) is 18.1 Å². The number of hydrogen-bond acceptors (Lipinski definition) is 4. The van der Waals surface area contributed by atoms with Crippen LogP contribution in [0.5, 0.6) is 0 Å². The zero-order valence-corrected chi connectivity index (χ0v) is 9.97. The molecule has 0 bridgehead atoms. The molecule has 2 rings (SSSR count). The van der Waals surface area contributed by atoms with Crippen LogP contribution in [0.4, 0.5) is 5.13 Å². The number of nitrogens with zero attached hydrogens (tertiary/aromatic N) is 1. The van der Waals surface area contributed by atoms with E-state index < -0.39 is 0 Å². The summed E-state index contributed by atoms with van der Waals surface area (Å²) in [6.07, 6.45) is 0. The van der Waals surface area contributed by atoms with E-state index >= 15 is 0 Å². The van der Waals surface area contributed by atoms with E-state index in [2.05, 4.69) is 9.97 Å². The number of nitrogen functional groups attached to an aromatic ring is 1. The number of nitrogens with two attached hydrogens (primary N) is 1. The van der Waals surface area contributed by atoms with Crippen molar-refractivity contribution in [3.05, 3.63) is 33.6 Å². The zero-order valence-electron chi connectivity index (χ0n) is 9.15. The first kappa shape index (κ1) is 10.9. The topological polar surface area (TPSA) is 71.8 Å². The van der Waals surface area contributed by atoms with E-state index in [0.29, 0.717) is 22.3 Å². The minimum atomic E-state index is -0.114. The van der Waals surface area contributed by atoms with Gasteiger partial charge >= 0.3 is 0 Å². The van der Waals surface area contributed by atoms with E-state index in [-0.39, 0.29) is 5.56 Å². The number of thiazole rings is 1. The van der Waals surface area contributed by atoms with Crippen LogP contribution in [0.1, 0.15) is 25.5 Å². The van der Waals surface area contributed by atoms with Gasteiger partial charge in [0.1, 0.15) is 0 Å². The SMILES string of the molecule is CC(C)c1ccc(-c2csc(N)n2)c(=O)[nH]1. The summed E-state index contributed by atoms with van der Waals surface area (Å²) in [7, 11) is 0. The number of aromatic amines is 1. The van der Waals surface area contributed by atoms with Gasteiger partial charge in [-0.1, -0.05) is 13.8 Å². The number of aromatic nitrogens is 2. The highest BCUT2D eigenvalue weighted by Gasteiger charge is 2.08. The molecule has 0 atom stereocenters. The van der Waals surface area contributed by atoms with Gasteiger partial charge in [0.15, 0.2) is 5.13 Å². The molecule has 0 saturated carbocycles. The van der Waals surface area contributed by atoms with Gasteiger partial charge in [-0.2, -0.15) is 0 Å². The summed E-state index contributed by atoms with van der Waals surface area (Å²) < 4.78 is 0. The third kappa shape index (κ3) is 1.99. The van der Waals surface area contributed by atoms with Crippen molar-refractivity contribution in [2.45, 2.75) is 19.8 Å².